The maximum Gasteiger partial charge on any atom is 0.306 e. The maximum absolute atomic E-state index is 11.3. The highest BCUT2D eigenvalue weighted by Crippen LogP contribution is 2.39. The molecule has 0 aliphatic rings. The molecule has 184 valence electrons. The van der Waals surface area contributed by atoms with Crippen LogP contribution in [0.15, 0.2) is 24.3 Å². The van der Waals surface area contributed by atoms with Gasteiger partial charge >= 0.3 is 22.7 Å². The van der Waals surface area contributed by atoms with Gasteiger partial charge in [-0.3, -0.25) is 60.7 Å². The van der Waals surface area contributed by atoms with Crippen molar-refractivity contribution in [1.29, 1.82) is 0 Å². The lowest BCUT2D eigenvalue weighted by Crippen LogP contribution is -2.13. The lowest BCUT2D eigenvalue weighted by atomic mass is 10.2. The lowest BCUT2D eigenvalue weighted by molar-refractivity contribution is -0.402. The molecule has 0 saturated carbocycles. The van der Waals surface area contributed by atoms with E-state index in [-0.39, 0.29) is 19.5 Å². The van der Waals surface area contributed by atoms with Crippen LogP contribution in [-0.4, -0.2) is 42.6 Å². The Morgan fingerprint density at radius 1 is 0.486 bits per heavy atom. The molecule has 0 atom stereocenters. The van der Waals surface area contributed by atoms with Gasteiger partial charge in [0.05, 0.1) is 53.8 Å². The van der Waals surface area contributed by atoms with Crippen molar-refractivity contribution >= 4 is 45.5 Å². The number of nitrogens with one attached hydrogen (secondary N) is 2. The molecule has 2 aromatic carbocycles. The van der Waals surface area contributed by atoms with E-state index < -0.39 is 75.0 Å². The Hall–Kier alpha value is -5.56. The first-order chi connectivity index (χ1) is 16.3. The Balaban J connectivity index is 2.25. The standard InChI is InChI=1S/C15H12N8O12/c24-18(25)8-4-10(20(28)29)14(11(5-8)21(30)31)16-2-1-3-17-15-12(22(32)33)6-9(19(26)27)7-13(15)23(34)35/h4-7,16-17H,1-3H2. The molecule has 20 heteroatoms. The summed E-state index contributed by atoms with van der Waals surface area (Å²) in [4.78, 5) is 60.5. The number of nitrogens with zero attached hydrogens (tertiary/aromatic N) is 6. The minimum atomic E-state index is -1.07. The number of nitro groups is 6. The van der Waals surface area contributed by atoms with Gasteiger partial charge < -0.3 is 10.6 Å². The summed E-state index contributed by atoms with van der Waals surface area (Å²) in [5, 5.41) is 71.6. The zero-order valence-corrected chi connectivity index (χ0v) is 17.0. The number of non-ortho nitro benzene ring substituents is 2. The summed E-state index contributed by atoms with van der Waals surface area (Å²) in [6.45, 7) is -0.498. The topological polar surface area (TPSA) is 283 Å². The minimum Gasteiger partial charge on any atom is -0.374 e. The van der Waals surface area contributed by atoms with Crippen LogP contribution in [0.3, 0.4) is 0 Å². The van der Waals surface area contributed by atoms with Crippen molar-refractivity contribution < 1.29 is 29.5 Å². The lowest BCUT2D eigenvalue weighted by Gasteiger charge is -2.10. The Labute approximate surface area is 191 Å². The van der Waals surface area contributed by atoms with Crippen molar-refractivity contribution in [3.63, 3.8) is 0 Å². The van der Waals surface area contributed by atoms with Gasteiger partial charge in [-0.15, -0.1) is 0 Å². The number of anilines is 2. The molecule has 2 rings (SSSR count). The molecule has 0 heterocycles. The number of benzene rings is 2. The molecule has 0 spiro atoms. The molecule has 0 aromatic heterocycles. The van der Waals surface area contributed by atoms with Crippen LogP contribution in [0.1, 0.15) is 6.42 Å². The van der Waals surface area contributed by atoms with Crippen LogP contribution < -0.4 is 10.6 Å². The first-order valence-electron chi connectivity index (χ1n) is 9.05. The number of nitro benzene ring substituents is 6. The Morgan fingerprint density at radius 2 is 0.743 bits per heavy atom. The molecule has 0 fully saturated rings. The summed E-state index contributed by atoms with van der Waals surface area (Å²) in [7, 11) is 0. The quantitative estimate of drug-likeness (QED) is 0.242. The number of hydrogen-bond acceptors (Lipinski definition) is 14. The van der Waals surface area contributed by atoms with Gasteiger partial charge in [0.2, 0.25) is 0 Å². The Kier molecular flexibility index (Phi) is 7.61. The zero-order valence-electron chi connectivity index (χ0n) is 17.0. The molecule has 2 N–H and O–H groups in total. The summed E-state index contributed by atoms with van der Waals surface area (Å²) in [6.07, 6.45) is -0.0728. The van der Waals surface area contributed by atoms with E-state index in [1.165, 1.54) is 0 Å². The van der Waals surface area contributed by atoms with E-state index >= 15 is 0 Å². The summed E-state index contributed by atoms with van der Waals surface area (Å²) >= 11 is 0. The van der Waals surface area contributed by atoms with Crippen molar-refractivity contribution in [3.8, 4) is 0 Å². The fraction of sp³-hybridized carbons (Fsp3) is 0.200. The van der Waals surface area contributed by atoms with E-state index in [4.69, 9.17) is 0 Å². The third-order valence-corrected chi connectivity index (χ3v) is 4.33. The fourth-order valence-electron chi connectivity index (χ4n) is 2.86. The second-order valence-electron chi connectivity index (χ2n) is 6.47. The number of hydrogen-bond donors (Lipinski definition) is 2. The van der Waals surface area contributed by atoms with Crippen LogP contribution in [0.4, 0.5) is 45.5 Å². The van der Waals surface area contributed by atoms with Crippen molar-refractivity contribution in [2.45, 2.75) is 6.42 Å². The predicted molar refractivity (Wildman–Crippen MR) is 114 cm³/mol. The van der Waals surface area contributed by atoms with Crippen LogP contribution in [0.5, 0.6) is 0 Å². The van der Waals surface area contributed by atoms with Crippen molar-refractivity contribution in [2.24, 2.45) is 0 Å². The van der Waals surface area contributed by atoms with Crippen molar-refractivity contribution in [3.05, 3.63) is 85.0 Å². The van der Waals surface area contributed by atoms with E-state index in [0.29, 0.717) is 24.3 Å². The number of rotatable bonds is 12. The van der Waals surface area contributed by atoms with Gasteiger partial charge in [-0.2, -0.15) is 0 Å². The summed E-state index contributed by atoms with van der Waals surface area (Å²) in [5.41, 5.74) is -6.79. The fourth-order valence-corrected chi connectivity index (χ4v) is 2.86. The van der Waals surface area contributed by atoms with Crippen molar-refractivity contribution in [2.75, 3.05) is 23.7 Å². The highest BCUT2D eigenvalue weighted by molar-refractivity contribution is 5.78. The molecule has 0 aliphatic carbocycles. The SMILES string of the molecule is O=[N+]([O-])c1cc([N+](=O)[O-])c(NCCCNc2c([N+](=O)[O-])cc([N+](=O)[O-])cc2[N+](=O)[O-])c([N+](=O)[O-])c1. The normalized spacial score (nSPS) is 10.3. The van der Waals surface area contributed by atoms with E-state index in [1.807, 2.05) is 0 Å². The van der Waals surface area contributed by atoms with Gasteiger partial charge in [0, 0.05) is 13.1 Å². The molecular formula is C15H12N8O12. The summed E-state index contributed by atoms with van der Waals surface area (Å²) < 4.78 is 0. The second kappa shape index (κ2) is 10.4. The van der Waals surface area contributed by atoms with Crippen LogP contribution >= 0.6 is 0 Å². The first-order valence-corrected chi connectivity index (χ1v) is 9.05. The van der Waals surface area contributed by atoms with Crippen LogP contribution in [0.2, 0.25) is 0 Å². The molecule has 0 aliphatic heterocycles. The van der Waals surface area contributed by atoms with Gasteiger partial charge in [0.25, 0.3) is 11.4 Å². The molecule has 2 aromatic rings. The average molecular weight is 496 g/mol. The van der Waals surface area contributed by atoms with Crippen LogP contribution in [0, 0.1) is 60.7 Å². The molecule has 0 amide bonds. The largest absolute Gasteiger partial charge is 0.374 e. The molecule has 35 heavy (non-hydrogen) atoms. The first kappa shape index (κ1) is 25.7. The molecule has 20 nitrogen and oxygen atoms in total. The highest BCUT2D eigenvalue weighted by atomic mass is 16.6. The average Bonchev–Trinajstić information content (AvgIpc) is 2.77. The van der Waals surface area contributed by atoms with Gasteiger partial charge in [0.15, 0.2) is 11.4 Å². The summed E-state index contributed by atoms with van der Waals surface area (Å²) in [5.74, 6) is 0. The molecule has 0 bridgehead atoms. The predicted octanol–water partition coefficient (Wildman–Crippen LogP) is 3.05. The van der Waals surface area contributed by atoms with E-state index in [0.717, 1.165) is 0 Å². The molecule has 0 saturated heterocycles. The van der Waals surface area contributed by atoms with Crippen LogP contribution in [0.25, 0.3) is 0 Å². The molecule has 0 radical (unpaired) electrons. The second-order valence-corrected chi connectivity index (χ2v) is 6.47. The maximum atomic E-state index is 11.3. The highest BCUT2D eigenvalue weighted by Gasteiger charge is 2.31. The van der Waals surface area contributed by atoms with Crippen molar-refractivity contribution in [1.82, 2.24) is 0 Å². The van der Waals surface area contributed by atoms with Gasteiger partial charge in [-0.1, -0.05) is 0 Å². The van der Waals surface area contributed by atoms with Gasteiger partial charge in [-0.25, -0.2) is 0 Å². The Bertz CT molecular complexity index is 1100. The molecular weight excluding hydrogens is 484 g/mol. The third-order valence-electron chi connectivity index (χ3n) is 4.33. The zero-order chi connectivity index (χ0) is 26.4. The van der Waals surface area contributed by atoms with E-state index in [9.17, 15) is 60.7 Å². The third kappa shape index (κ3) is 5.82. The molecule has 0 unspecified atom stereocenters. The van der Waals surface area contributed by atoms with Gasteiger partial charge in [0.1, 0.15) is 0 Å². The Morgan fingerprint density at radius 3 is 0.943 bits per heavy atom. The monoisotopic (exact) mass is 496 g/mol. The van der Waals surface area contributed by atoms with Crippen LogP contribution in [-0.2, 0) is 0 Å². The van der Waals surface area contributed by atoms with E-state index in [2.05, 4.69) is 10.6 Å². The minimum absolute atomic E-state index is 0.0728. The van der Waals surface area contributed by atoms with E-state index in [1.54, 1.807) is 0 Å². The summed E-state index contributed by atoms with van der Waals surface area (Å²) in [6, 6.07) is 2.10. The smallest absolute Gasteiger partial charge is 0.306 e. The van der Waals surface area contributed by atoms with Gasteiger partial charge in [-0.05, 0) is 6.42 Å².